The Balaban J connectivity index is 2.23. The van der Waals surface area contributed by atoms with E-state index < -0.39 is 17.9 Å². The van der Waals surface area contributed by atoms with Crippen LogP contribution >= 0.6 is 0 Å². The van der Waals surface area contributed by atoms with E-state index in [4.69, 9.17) is 5.11 Å². The minimum atomic E-state index is -0.914. The summed E-state index contributed by atoms with van der Waals surface area (Å²) in [5.74, 6) is -0.945. The highest BCUT2D eigenvalue weighted by Crippen LogP contribution is 1.99. The number of urea groups is 1. The molecule has 8 heteroatoms. The molecule has 1 atom stereocenters. The van der Waals surface area contributed by atoms with E-state index in [1.165, 1.54) is 6.33 Å². The number of nitrogens with one attached hydrogen (secondary N) is 3. The summed E-state index contributed by atoms with van der Waals surface area (Å²) in [7, 11) is 0. The Morgan fingerprint density at radius 2 is 2.29 bits per heavy atom. The molecule has 1 heterocycles. The second-order valence-corrected chi connectivity index (χ2v) is 3.44. The maximum atomic E-state index is 11.3. The number of hydrogen-bond acceptors (Lipinski definition) is 4. The van der Waals surface area contributed by atoms with Crippen LogP contribution in [0, 0.1) is 5.92 Å². The zero-order valence-electron chi connectivity index (χ0n) is 9.43. The first-order valence-electron chi connectivity index (χ1n) is 5.22. The van der Waals surface area contributed by atoms with Gasteiger partial charge in [0.05, 0.1) is 12.5 Å². The van der Waals surface area contributed by atoms with Gasteiger partial charge in [0.1, 0.15) is 12.2 Å². The summed E-state index contributed by atoms with van der Waals surface area (Å²) in [6, 6.07) is -0.430. The van der Waals surface area contributed by atoms with E-state index in [-0.39, 0.29) is 13.1 Å². The van der Waals surface area contributed by atoms with Crippen LogP contribution in [0.1, 0.15) is 19.2 Å². The van der Waals surface area contributed by atoms with Crippen LogP contribution in [-0.2, 0) is 11.3 Å². The van der Waals surface area contributed by atoms with E-state index in [9.17, 15) is 9.59 Å². The monoisotopic (exact) mass is 241 g/mol. The summed E-state index contributed by atoms with van der Waals surface area (Å²) in [4.78, 5) is 25.8. The van der Waals surface area contributed by atoms with Crippen LogP contribution in [0.2, 0.25) is 0 Å². The number of carbonyl (C=O) groups is 2. The quantitative estimate of drug-likeness (QED) is 0.545. The second-order valence-electron chi connectivity index (χ2n) is 3.44. The van der Waals surface area contributed by atoms with E-state index in [0.717, 1.165) is 0 Å². The lowest BCUT2D eigenvalue weighted by Gasteiger charge is -2.11. The molecule has 8 nitrogen and oxygen atoms in total. The number of nitrogens with zero attached hydrogens (tertiary/aromatic N) is 2. The maximum absolute atomic E-state index is 11.3. The largest absolute Gasteiger partial charge is 0.481 e. The molecule has 0 aliphatic rings. The van der Waals surface area contributed by atoms with E-state index >= 15 is 0 Å². The molecule has 0 saturated carbocycles. The third-order valence-corrected chi connectivity index (χ3v) is 2.23. The van der Waals surface area contributed by atoms with Crippen LogP contribution in [-0.4, -0.2) is 38.8 Å². The van der Waals surface area contributed by atoms with Crippen LogP contribution in [0.5, 0.6) is 0 Å². The Kier molecular flexibility index (Phi) is 4.92. The third-order valence-electron chi connectivity index (χ3n) is 2.23. The highest BCUT2D eigenvalue weighted by Gasteiger charge is 2.15. The number of amides is 2. The van der Waals surface area contributed by atoms with Crippen LogP contribution in [0.3, 0.4) is 0 Å². The van der Waals surface area contributed by atoms with Gasteiger partial charge in [-0.15, -0.1) is 0 Å². The fourth-order valence-corrected chi connectivity index (χ4v) is 1.16. The van der Waals surface area contributed by atoms with Gasteiger partial charge in [0, 0.05) is 6.54 Å². The van der Waals surface area contributed by atoms with Crippen molar-refractivity contribution in [2.45, 2.75) is 19.9 Å². The van der Waals surface area contributed by atoms with Gasteiger partial charge in [-0.1, -0.05) is 6.92 Å². The number of aliphatic carboxylic acids is 1. The molecule has 0 saturated heterocycles. The van der Waals surface area contributed by atoms with Gasteiger partial charge in [-0.2, -0.15) is 5.10 Å². The topological polar surface area (TPSA) is 120 Å². The van der Waals surface area contributed by atoms with Crippen molar-refractivity contribution in [1.82, 2.24) is 25.8 Å². The molecule has 1 aromatic heterocycles. The summed E-state index contributed by atoms with van der Waals surface area (Å²) < 4.78 is 0. The van der Waals surface area contributed by atoms with Gasteiger partial charge in [-0.05, 0) is 6.42 Å². The summed E-state index contributed by atoms with van der Waals surface area (Å²) in [6.45, 7) is 2.08. The molecule has 0 bridgehead atoms. The molecule has 94 valence electrons. The Morgan fingerprint density at radius 1 is 1.53 bits per heavy atom. The molecular weight excluding hydrogens is 226 g/mol. The Morgan fingerprint density at radius 3 is 2.82 bits per heavy atom. The van der Waals surface area contributed by atoms with Gasteiger partial charge in [0.25, 0.3) is 0 Å². The first kappa shape index (κ1) is 12.9. The standard InChI is InChI=1S/C9H15N5O3/c1-2-6(8(15)16)3-10-9(17)11-4-7-12-5-13-14-7/h5-6H,2-4H2,1H3,(H,15,16)(H2,10,11,17)(H,12,13,14). The summed E-state index contributed by atoms with van der Waals surface area (Å²) in [5, 5.41) is 20.0. The van der Waals surface area contributed by atoms with Crippen molar-refractivity contribution in [2.75, 3.05) is 6.54 Å². The molecule has 0 aliphatic carbocycles. The summed E-state index contributed by atoms with van der Waals surface area (Å²) in [6.07, 6.45) is 1.81. The van der Waals surface area contributed by atoms with E-state index in [1.807, 2.05) is 0 Å². The predicted molar refractivity (Wildman–Crippen MR) is 58.0 cm³/mol. The number of carbonyl (C=O) groups excluding carboxylic acids is 1. The van der Waals surface area contributed by atoms with Crippen LogP contribution in [0.15, 0.2) is 6.33 Å². The number of carboxylic acids is 1. The van der Waals surface area contributed by atoms with Gasteiger partial charge in [0.15, 0.2) is 0 Å². The number of hydrogen-bond donors (Lipinski definition) is 4. The van der Waals surface area contributed by atoms with Crippen molar-refractivity contribution in [1.29, 1.82) is 0 Å². The average Bonchev–Trinajstić information content (AvgIpc) is 2.79. The van der Waals surface area contributed by atoms with E-state index in [2.05, 4.69) is 25.8 Å². The lowest BCUT2D eigenvalue weighted by Crippen LogP contribution is -2.39. The molecule has 1 unspecified atom stereocenters. The normalized spacial score (nSPS) is 11.8. The van der Waals surface area contributed by atoms with Gasteiger partial charge in [-0.25, -0.2) is 9.78 Å². The molecular formula is C9H15N5O3. The van der Waals surface area contributed by atoms with Gasteiger partial charge in [-0.3, -0.25) is 9.89 Å². The Labute approximate surface area is 97.8 Å². The van der Waals surface area contributed by atoms with Gasteiger partial charge >= 0.3 is 12.0 Å². The summed E-state index contributed by atoms with van der Waals surface area (Å²) >= 11 is 0. The van der Waals surface area contributed by atoms with Crippen molar-refractivity contribution in [3.05, 3.63) is 12.2 Å². The Bertz CT molecular complexity index is 365. The number of H-pyrrole nitrogens is 1. The SMILES string of the molecule is CCC(CNC(=O)NCc1ncn[nH]1)C(=O)O. The van der Waals surface area contributed by atoms with Crippen molar-refractivity contribution in [3.8, 4) is 0 Å². The zero-order chi connectivity index (χ0) is 12.7. The first-order valence-corrected chi connectivity index (χ1v) is 5.22. The lowest BCUT2D eigenvalue weighted by atomic mass is 10.1. The molecule has 4 N–H and O–H groups in total. The molecule has 17 heavy (non-hydrogen) atoms. The molecule has 0 spiro atoms. The molecule has 1 aromatic rings. The van der Waals surface area contributed by atoms with Crippen molar-refractivity contribution < 1.29 is 14.7 Å². The van der Waals surface area contributed by atoms with Crippen molar-refractivity contribution in [2.24, 2.45) is 5.92 Å². The highest BCUT2D eigenvalue weighted by molar-refractivity contribution is 5.75. The maximum Gasteiger partial charge on any atom is 0.315 e. The van der Waals surface area contributed by atoms with Crippen LogP contribution in [0.25, 0.3) is 0 Å². The number of rotatable bonds is 6. The lowest BCUT2D eigenvalue weighted by molar-refractivity contribution is -0.141. The molecule has 0 aliphatic heterocycles. The number of aromatic amines is 1. The first-order chi connectivity index (χ1) is 8.13. The molecule has 0 radical (unpaired) electrons. The highest BCUT2D eigenvalue weighted by atomic mass is 16.4. The third kappa shape index (κ3) is 4.49. The van der Waals surface area contributed by atoms with Crippen molar-refractivity contribution >= 4 is 12.0 Å². The van der Waals surface area contributed by atoms with Gasteiger partial charge < -0.3 is 15.7 Å². The van der Waals surface area contributed by atoms with Crippen LogP contribution < -0.4 is 10.6 Å². The fraction of sp³-hybridized carbons (Fsp3) is 0.556. The smallest absolute Gasteiger partial charge is 0.315 e. The van der Waals surface area contributed by atoms with E-state index in [0.29, 0.717) is 12.2 Å². The molecule has 1 rings (SSSR count). The second kappa shape index (κ2) is 6.46. The number of aromatic nitrogens is 3. The van der Waals surface area contributed by atoms with Crippen LogP contribution in [0.4, 0.5) is 4.79 Å². The summed E-state index contributed by atoms with van der Waals surface area (Å²) in [5.41, 5.74) is 0. The fourth-order valence-electron chi connectivity index (χ4n) is 1.16. The predicted octanol–water partition coefficient (Wildman–Crippen LogP) is -0.285. The average molecular weight is 241 g/mol. The Hall–Kier alpha value is -2.12. The van der Waals surface area contributed by atoms with Gasteiger partial charge in [0.2, 0.25) is 0 Å². The number of carboxylic acid groups (broad SMARTS) is 1. The molecule has 0 fully saturated rings. The zero-order valence-corrected chi connectivity index (χ0v) is 9.43. The van der Waals surface area contributed by atoms with E-state index in [1.54, 1.807) is 6.92 Å². The minimum Gasteiger partial charge on any atom is -0.481 e. The molecule has 2 amide bonds. The minimum absolute atomic E-state index is 0.105. The molecule has 0 aromatic carbocycles. The van der Waals surface area contributed by atoms with Crippen molar-refractivity contribution in [3.63, 3.8) is 0 Å².